The van der Waals surface area contributed by atoms with Gasteiger partial charge in [0.2, 0.25) is 11.7 Å². The Hall–Kier alpha value is -3.42. The van der Waals surface area contributed by atoms with Crippen LogP contribution in [0.2, 0.25) is 0 Å². The van der Waals surface area contributed by atoms with Crippen molar-refractivity contribution in [1.82, 2.24) is 0 Å². The summed E-state index contributed by atoms with van der Waals surface area (Å²) in [6.45, 7) is 3.57. The van der Waals surface area contributed by atoms with E-state index in [4.69, 9.17) is 9.15 Å². The van der Waals surface area contributed by atoms with Crippen molar-refractivity contribution in [3.05, 3.63) is 77.2 Å². The Morgan fingerprint density at radius 3 is 2.53 bits per heavy atom. The molecule has 2 aliphatic heterocycles. The highest BCUT2D eigenvalue weighted by molar-refractivity contribution is 6.09. The molecule has 2 unspecified atom stereocenters. The second-order valence-corrected chi connectivity index (χ2v) is 8.71. The number of carbonyl (C=O) groups excluding carboxylic acids is 1. The van der Waals surface area contributed by atoms with Gasteiger partial charge in [-0.1, -0.05) is 24.3 Å². The molecular weight excluding hydrogens is 423 g/mol. The van der Waals surface area contributed by atoms with E-state index in [0.717, 1.165) is 6.07 Å². The highest BCUT2D eigenvalue weighted by atomic mass is 19.4. The Balaban J connectivity index is 1.74. The second kappa shape index (κ2) is 6.54. The minimum absolute atomic E-state index is 0.0132. The number of aromatic hydroxyl groups is 1. The number of nitrogens with one attached hydrogen (secondary N) is 1. The summed E-state index contributed by atoms with van der Waals surface area (Å²) < 4.78 is 50.7. The predicted octanol–water partition coefficient (Wildman–Crippen LogP) is 5.27. The molecule has 3 heterocycles. The van der Waals surface area contributed by atoms with Gasteiger partial charge in [-0.15, -0.1) is 0 Å². The number of phenols is 1. The molecule has 1 aromatic heterocycles. The van der Waals surface area contributed by atoms with E-state index in [1.807, 2.05) is 12.1 Å². The maximum atomic E-state index is 13.7. The van der Waals surface area contributed by atoms with Crippen LogP contribution in [0.4, 0.5) is 18.9 Å². The molecule has 3 aromatic rings. The molecule has 1 amide bonds. The summed E-state index contributed by atoms with van der Waals surface area (Å²) in [5.41, 5.74) is -0.340. The van der Waals surface area contributed by atoms with Gasteiger partial charge in [0.15, 0.2) is 0 Å². The van der Waals surface area contributed by atoms with Crippen LogP contribution in [0.1, 0.15) is 36.5 Å². The molecule has 1 spiro atoms. The molecule has 8 heteroatoms. The molecular formula is C24H20F3NO4. The van der Waals surface area contributed by atoms with Gasteiger partial charge in [0.25, 0.3) is 0 Å². The summed E-state index contributed by atoms with van der Waals surface area (Å²) in [6.07, 6.45) is -4.57. The normalized spacial score (nSPS) is 23.4. The molecule has 5 nitrogen and oxygen atoms in total. The van der Waals surface area contributed by atoms with Crippen LogP contribution in [0.3, 0.4) is 0 Å². The number of ether oxygens (including phenoxy) is 1. The van der Waals surface area contributed by atoms with Crippen molar-refractivity contribution in [2.75, 3.05) is 5.32 Å². The zero-order valence-corrected chi connectivity index (χ0v) is 17.3. The summed E-state index contributed by atoms with van der Waals surface area (Å²) in [4.78, 5) is 13.7. The van der Waals surface area contributed by atoms with Gasteiger partial charge in [0, 0.05) is 29.7 Å². The first-order valence-electron chi connectivity index (χ1n) is 10.1. The Labute approximate surface area is 181 Å². The van der Waals surface area contributed by atoms with Crippen LogP contribution in [-0.4, -0.2) is 16.6 Å². The summed E-state index contributed by atoms with van der Waals surface area (Å²) in [7, 11) is 0. The molecule has 0 fully saturated rings. The number of hydrogen-bond donors (Lipinski definition) is 2. The van der Waals surface area contributed by atoms with Crippen LogP contribution in [0.15, 0.2) is 59.0 Å². The van der Waals surface area contributed by atoms with Gasteiger partial charge >= 0.3 is 6.18 Å². The van der Waals surface area contributed by atoms with E-state index >= 15 is 0 Å². The lowest BCUT2D eigenvalue weighted by Gasteiger charge is -2.50. The van der Waals surface area contributed by atoms with E-state index in [9.17, 15) is 23.1 Å². The lowest BCUT2D eigenvalue weighted by molar-refractivity contribution is -0.153. The van der Waals surface area contributed by atoms with Gasteiger partial charge in [-0.2, -0.15) is 13.2 Å². The van der Waals surface area contributed by atoms with Crippen LogP contribution >= 0.6 is 0 Å². The zero-order chi connectivity index (χ0) is 22.9. The van der Waals surface area contributed by atoms with E-state index in [1.54, 1.807) is 32.0 Å². The van der Waals surface area contributed by atoms with Gasteiger partial charge in [-0.3, -0.25) is 4.79 Å². The number of furan rings is 1. The molecule has 0 saturated carbocycles. The van der Waals surface area contributed by atoms with Crippen LogP contribution in [0.5, 0.6) is 11.5 Å². The monoisotopic (exact) mass is 443 g/mol. The summed E-state index contributed by atoms with van der Waals surface area (Å²) in [5, 5.41) is 13.0. The molecule has 0 aliphatic carbocycles. The van der Waals surface area contributed by atoms with Gasteiger partial charge in [-0.25, -0.2) is 0 Å². The standard InChI is InChI=1S/C24H20F3NO4/c1-22(2)19(12-14-8-10-20(31-14)24(25,26)27)23(16-9-7-13(29)11-18(16)32-22)15-5-3-4-6-17(15)28-21(23)30/h3-11,19,29H,12H2,1-2H3,(H,28,30). The Bertz CT molecular complexity index is 1230. The number of phenolic OH excluding ortho intramolecular Hbond substituents is 1. The number of amides is 1. The first kappa shape index (κ1) is 20.5. The maximum absolute atomic E-state index is 13.7. The smallest absolute Gasteiger partial charge is 0.449 e. The predicted molar refractivity (Wildman–Crippen MR) is 110 cm³/mol. The number of fused-ring (bicyclic) bond motifs is 4. The molecule has 0 saturated heterocycles. The lowest BCUT2D eigenvalue weighted by Crippen LogP contribution is -2.58. The van der Waals surface area contributed by atoms with Gasteiger partial charge in [0.05, 0.1) is 0 Å². The molecule has 2 aromatic carbocycles. The molecule has 0 radical (unpaired) electrons. The molecule has 32 heavy (non-hydrogen) atoms. The van der Waals surface area contributed by atoms with E-state index in [2.05, 4.69) is 5.32 Å². The van der Waals surface area contributed by atoms with E-state index in [0.29, 0.717) is 22.6 Å². The van der Waals surface area contributed by atoms with Gasteiger partial charge in [-0.05, 0) is 43.7 Å². The van der Waals surface area contributed by atoms with Crippen LogP contribution in [0.25, 0.3) is 0 Å². The largest absolute Gasteiger partial charge is 0.508 e. The van der Waals surface area contributed by atoms with Gasteiger partial charge < -0.3 is 19.6 Å². The average Bonchev–Trinajstić information content (AvgIpc) is 3.28. The van der Waals surface area contributed by atoms with Crippen molar-refractivity contribution in [2.24, 2.45) is 5.92 Å². The number of halogens is 3. The van der Waals surface area contributed by atoms with E-state index in [-0.39, 0.29) is 23.8 Å². The molecule has 166 valence electrons. The molecule has 0 bridgehead atoms. The summed E-state index contributed by atoms with van der Waals surface area (Å²) >= 11 is 0. The lowest BCUT2D eigenvalue weighted by atomic mass is 9.58. The fourth-order valence-corrected chi connectivity index (χ4v) is 5.12. The molecule has 2 aliphatic rings. The van der Waals surface area contributed by atoms with E-state index in [1.165, 1.54) is 18.2 Å². The Morgan fingerprint density at radius 2 is 1.81 bits per heavy atom. The third kappa shape index (κ3) is 2.82. The highest BCUT2D eigenvalue weighted by Crippen LogP contribution is 2.58. The average molecular weight is 443 g/mol. The van der Waals surface area contributed by atoms with Gasteiger partial charge in [0.1, 0.15) is 28.3 Å². The first-order valence-corrected chi connectivity index (χ1v) is 10.1. The fraction of sp³-hybridized carbons (Fsp3) is 0.292. The minimum atomic E-state index is -4.60. The Kier molecular flexibility index (Phi) is 4.19. The minimum Gasteiger partial charge on any atom is -0.508 e. The van der Waals surface area contributed by atoms with E-state index < -0.39 is 28.9 Å². The maximum Gasteiger partial charge on any atom is 0.449 e. The van der Waals surface area contributed by atoms with Crippen molar-refractivity contribution >= 4 is 11.6 Å². The van der Waals surface area contributed by atoms with Crippen LogP contribution in [0, 0.1) is 5.92 Å². The van der Waals surface area contributed by atoms with Crippen LogP contribution < -0.4 is 10.1 Å². The number of anilines is 1. The molecule has 2 N–H and O–H groups in total. The highest BCUT2D eigenvalue weighted by Gasteiger charge is 2.62. The number of hydrogen-bond acceptors (Lipinski definition) is 4. The number of carbonyl (C=O) groups is 1. The van der Waals surface area contributed by atoms with Crippen molar-refractivity contribution in [2.45, 2.75) is 37.5 Å². The van der Waals surface area contributed by atoms with Crippen molar-refractivity contribution in [1.29, 1.82) is 0 Å². The summed E-state index contributed by atoms with van der Waals surface area (Å²) in [5.74, 6) is -1.54. The molecule has 5 rings (SSSR count). The number of para-hydroxylation sites is 1. The van der Waals surface area contributed by atoms with Crippen molar-refractivity contribution < 1.29 is 32.2 Å². The summed E-state index contributed by atoms with van der Waals surface area (Å²) in [6, 6.07) is 14.0. The fourth-order valence-electron chi connectivity index (χ4n) is 5.12. The van der Waals surface area contributed by atoms with Crippen LogP contribution in [-0.2, 0) is 22.8 Å². The first-order chi connectivity index (χ1) is 15.0. The second-order valence-electron chi connectivity index (χ2n) is 8.71. The molecule has 2 atom stereocenters. The number of benzene rings is 2. The van der Waals surface area contributed by atoms with Crippen molar-refractivity contribution in [3.63, 3.8) is 0 Å². The third-order valence-corrected chi connectivity index (χ3v) is 6.43. The zero-order valence-electron chi connectivity index (χ0n) is 17.3. The Morgan fingerprint density at radius 1 is 1.06 bits per heavy atom. The topological polar surface area (TPSA) is 71.7 Å². The van der Waals surface area contributed by atoms with Crippen molar-refractivity contribution in [3.8, 4) is 11.5 Å². The SMILES string of the molecule is CC1(C)Oc2cc(O)ccc2C2(C(=O)Nc3ccccc32)C1Cc1ccc(C(F)(F)F)o1. The third-order valence-electron chi connectivity index (χ3n) is 6.43. The quantitative estimate of drug-likeness (QED) is 0.566. The number of alkyl halides is 3. The number of rotatable bonds is 2.